The number of carbonyl (C=O) groups excluding carboxylic acids is 1. The zero-order valence-corrected chi connectivity index (χ0v) is 11.6. The molecule has 2 rings (SSSR count). The van der Waals surface area contributed by atoms with E-state index in [1.54, 1.807) is 12.3 Å². The lowest BCUT2D eigenvalue weighted by Crippen LogP contribution is -2.19. The number of nitrogens with one attached hydrogen (secondary N) is 1. The van der Waals surface area contributed by atoms with E-state index in [9.17, 15) is 4.79 Å². The molecule has 1 aromatic rings. The van der Waals surface area contributed by atoms with Crippen LogP contribution < -0.4 is 5.32 Å². The van der Waals surface area contributed by atoms with Crippen LogP contribution in [-0.4, -0.2) is 23.0 Å². The van der Waals surface area contributed by atoms with Gasteiger partial charge in [-0.3, -0.25) is 4.79 Å². The van der Waals surface area contributed by atoms with E-state index in [0.29, 0.717) is 15.9 Å². The normalized spacial score (nSPS) is 18.0. The topological polar surface area (TPSA) is 53.8 Å². The van der Waals surface area contributed by atoms with Gasteiger partial charge in [-0.1, -0.05) is 45.4 Å². The zero-order valence-electron chi connectivity index (χ0n) is 8.48. The van der Waals surface area contributed by atoms with E-state index in [0.717, 1.165) is 10.0 Å². The Kier molecular flexibility index (Phi) is 4.20. The van der Waals surface area contributed by atoms with Crippen molar-refractivity contribution >= 4 is 56.6 Å². The van der Waals surface area contributed by atoms with Crippen molar-refractivity contribution in [3.63, 3.8) is 0 Å². The predicted molar refractivity (Wildman–Crippen MR) is 74.8 cm³/mol. The van der Waals surface area contributed by atoms with Gasteiger partial charge in [-0.15, -0.1) is 5.10 Å². The molecule has 1 aliphatic rings. The first-order chi connectivity index (χ1) is 8.15. The average molecular weight is 333 g/mol. The van der Waals surface area contributed by atoms with Crippen molar-refractivity contribution in [3.05, 3.63) is 33.3 Å². The molecule has 0 atom stereocenters. The number of thioether (sulfide) groups is 1. The maximum Gasteiger partial charge on any atom is 0.236 e. The zero-order chi connectivity index (χ0) is 12.3. The van der Waals surface area contributed by atoms with Gasteiger partial charge in [-0.2, -0.15) is 5.10 Å². The van der Waals surface area contributed by atoms with E-state index in [1.165, 1.54) is 11.8 Å². The molecular formula is C10H7BrClN3OS. The van der Waals surface area contributed by atoms with Crippen molar-refractivity contribution in [1.82, 2.24) is 5.32 Å². The molecule has 7 heteroatoms. The van der Waals surface area contributed by atoms with Crippen molar-refractivity contribution in [2.24, 2.45) is 10.2 Å². The van der Waals surface area contributed by atoms with Gasteiger partial charge in [-0.05, 0) is 12.1 Å². The highest BCUT2D eigenvalue weighted by Crippen LogP contribution is 2.20. The Morgan fingerprint density at radius 3 is 3.00 bits per heavy atom. The summed E-state index contributed by atoms with van der Waals surface area (Å²) in [5, 5.41) is 11.4. The largest absolute Gasteiger partial charge is 0.303 e. The van der Waals surface area contributed by atoms with E-state index in [4.69, 9.17) is 11.6 Å². The first-order valence-electron chi connectivity index (χ1n) is 4.64. The highest BCUT2D eigenvalue weighted by Gasteiger charge is 2.15. The minimum atomic E-state index is -0.0503. The number of amidine groups is 1. The number of benzene rings is 1. The second kappa shape index (κ2) is 5.66. The Labute approximate surface area is 116 Å². The van der Waals surface area contributed by atoms with E-state index in [1.807, 2.05) is 12.1 Å². The Hall–Kier alpha value is -0.850. The third-order valence-corrected chi connectivity index (χ3v) is 3.58. The number of halogens is 2. The first-order valence-corrected chi connectivity index (χ1v) is 6.79. The van der Waals surface area contributed by atoms with Gasteiger partial charge in [0.05, 0.1) is 17.0 Å². The van der Waals surface area contributed by atoms with Gasteiger partial charge in [-0.25, -0.2) is 0 Å². The maximum absolute atomic E-state index is 10.9. The van der Waals surface area contributed by atoms with Crippen LogP contribution in [0.25, 0.3) is 0 Å². The van der Waals surface area contributed by atoms with Crippen molar-refractivity contribution in [3.8, 4) is 0 Å². The molecule has 4 nitrogen and oxygen atoms in total. The predicted octanol–water partition coefficient (Wildman–Crippen LogP) is 2.66. The molecule has 1 amide bonds. The third-order valence-electron chi connectivity index (χ3n) is 1.89. The lowest BCUT2D eigenvalue weighted by Gasteiger charge is -1.97. The summed E-state index contributed by atoms with van der Waals surface area (Å²) in [4.78, 5) is 10.9. The van der Waals surface area contributed by atoms with Crippen LogP contribution in [0.4, 0.5) is 0 Å². The van der Waals surface area contributed by atoms with E-state index < -0.39 is 0 Å². The average Bonchev–Trinajstić information content (AvgIpc) is 2.68. The van der Waals surface area contributed by atoms with Crippen LogP contribution in [0.2, 0.25) is 5.02 Å². The summed E-state index contributed by atoms with van der Waals surface area (Å²) in [6.07, 6.45) is 1.55. The number of carbonyl (C=O) groups is 1. The molecule has 0 aliphatic carbocycles. The molecule has 1 N–H and O–H groups in total. The Morgan fingerprint density at radius 1 is 1.53 bits per heavy atom. The van der Waals surface area contributed by atoms with Gasteiger partial charge < -0.3 is 5.32 Å². The molecule has 1 aromatic carbocycles. The molecular weight excluding hydrogens is 326 g/mol. The van der Waals surface area contributed by atoms with Crippen LogP contribution in [0.15, 0.2) is 32.9 Å². The fourth-order valence-corrected chi connectivity index (χ4v) is 2.48. The van der Waals surface area contributed by atoms with Gasteiger partial charge in [0.15, 0.2) is 5.17 Å². The summed E-state index contributed by atoms with van der Waals surface area (Å²) < 4.78 is 0.907. The molecule has 88 valence electrons. The van der Waals surface area contributed by atoms with Crippen LogP contribution >= 0.6 is 39.3 Å². The number of amides is 1. The van der Waals surface area contributed by atoms with Crippen molar-refractivity contribution < 1.29 is 4.79 Å². The summed E-state index contributed by atoms with van der Waals surface area (Å²) >= 11 is 10.6. The van der Waals surface area contributed by atoms with Crippen molar-refractivity contribution in [2.75, 3.05) is 5.75 Å². The van der Waals surface area contributed by atoms with Crippen LogP contribution in [-0.2, 0) is 4.79 Å². The summed E-state index contributed by atoms with van der Waals surface area (Å²) in [5.74, 6) is 0.346. The molecule has 1 heterocycles. The number of nitrogens with zero attached hydrogens (tertiary/aromatic N) is 2. The minimum Gasteiger partial charge on any atom is -0.303 e. The molecule has 0 unspecified atom stereocenters. The van der Waals surface area contributed by atoms with Crippen molar-refractivity contribution in [2.45, 2.75) is 0 Å². The Bertz CT molecular complexity index is 518. The lowest BCUT2D eigenvalue weighted by molar-refractivity contribution is -0.116. The van der Waals surface area contributed by atoms with Gasteiger partial charge >= 0.3 is 0 Å². The maximum atomic E-state index is 10.9. The molecule has 1 saturated heterocycles. The van der Waals surface area contributed by atoms with Crippen molar-refractivity contribution in [1.29, 1.82) is 0 Å². The van der Waals surface area contributed by atoms with Crippen LogP contribution in [0, 0.1) is 0 Å². The second-order valence-corrected chi connectivity index (χ2v) is 5.44. The smallest absolute Gasteiger partial charge is 0.236 e. The van der Waals surface area contributed by atoms with Gasteiger partial charge in [0.25, 0.3) is 0 Å². The lowest BCUT2D eigenvalue weighted by atomic mass is 10.2. The van der Waals surface area contributed by atoms with Crippen LogP contribution in [0.1, 0.15) is 5.56 Å². The van der Waals surface area contributed by atoms with Crippen LogP contribution in [0.3, 0.4) is 0 Å². The third kappa shape index (κ3) is 3.55. The van der Waals surface area contributed by atoms with Gasteiger partial charge in [0, 0.05) is 10.0 Å². The molecule has 0 radical (unpaired) electrons. The Morgan fingerprint density at radius 2 is 2.35 bits per heavy atom. The van der Waals surface area contributed by atoms with Gasteiger partial charge in [0.2, 0.25) is 5.91 Å². The van der Waals surface area contributed by atoms with E-state index in [-0.39, 0.29) is 5.91 Å². The summed E-state index contributed by atoms with van der Waals surface area (Å²) in [6, 6.07) is 5.48. The Balaban J connectivity index is 2.08. The fraction of sp³-hybridized carbons (Fsp3) is 0.100. The highest BCUT2D eigenvalue weighted by molar-refractivity contribution is 9.10. The van der Waals surface area contributed by atoms with E-state index in [2.05, 4.69) is 31.4 Å². The van der Waals surface area contributed by atoms with Gasteiger partial charge in [0.1, 0.15) is 0 Å². The molecule has 0 spiro atoms. The summed E-state index contributed by atoms with van der Waals surface area (Å²) in [6.45, 7) is 0. The molecule has 0 aromatic heterocycles. The number of rotatable bonds is 2. The molecule has 0 saturated carbocycles. The fourth-order valence-electron chi connectivity index (χ4n) is 1.13. The standard InChI is InChI=1S/C10H7BrClN3OS/c11-7-2-1-6(8(12)3-7)4-13-15-10-14-9(16)5-17-10/h1-4H,5H2,(H,14,15,16). The molecule has 1 aliphatic heterocycles. The second-order valence-electron chi connectivity index (χ2n) is 3.15. The number of hydrogen-bond donors (Lipinski definition) is 1. The monoisotopic (exact) mass is 331 g/mol. The molecule has 1 fully saturated rings. The highest BCUT2D eigenvalue weighted by atomic mass is 79.9. The van der Waals surface area contributed by atoms with Crippen LogP contribution in [0.5, 0.6) is 0 Å². The minimum absolute atomic E-state index is 0.0503. The summed E-state index contributed by atoms with van der Waals surface area (Å²) in [7, 11) is 0. The molecule has 0 bridgehead atoms. The molecule has 17 heavy (non-hydrogen) atoms. The summed E-state index contributed by atoms with van der Waals surface area (Å²) in [5.41, 5.74) is 0.772. The van der Waals surface area contributed by atoms with E-state index >= 15 is 0 Å². The SMILES string of the molecule is O=C1CSC(=NN=Cc2ccc(Br)cc2Cl)N1. The number of hydrogen-bond acceptors (Lipinski definition) is 4. The first kappa shape index (κ1) is 12.6. The quantitative estimate of drug-likeness (QED) is 0.668.